The van der Waals surface area contributed by atoms with Gasteiger partial charge in [0, 0.05) is 5.92 Å². The molecule has 15 heavy (non-hydrogen) atoms. The molecule has 1 rings (SSSR count). The fraction of sp³-hybridized carbons (Fsp3) is 0.909. The van der Waals surface area contributed by atoms with Crippen LogP contribution in [0.5, 0.6) is 0 Å². The van der Waals surface area contributed by atoms with E-state index in [0.29, 0.717) is 19.4 Å². The summed E-state index contributed by atoms with van der Waals surface area (Å²) in [6, 6.07) is 0. The molecule has 1 aliphatic rings. The second-order valence-electron chi connectivity index (χ2n) is 4.19. The van der Waals surface area contributed by atoms with E-state index in [2.05, 4.69) is 0 Å². The number of carbonyl (C=O) groups excluding carboxylic acids is 1. The van der Waals surface area contributed by atoms with Crippen LogP contribution in [0.4, 0.5) is 8.78 Å². The fourth-order valence-electron chi connectivity index (χ4n) is 2.07. The Kier molecular flexibility index (Phi) is 4.05. The minimum Gasteiger partial charge on any atom is -0.465 e. The molecule has 0 N–H and O–H groups in total. The predicted octanol–water partition coefficient (Wildman–Crippen LogP) is 3.01. The molecule has 88 valence electrons. The first-order chi connectivity index (χ1) is 7.08. The lowest BCUT2D eigenvalue weighted by molar-refractivity contribution is -0.152. The number of ether oxygens (including phenoxy) is 1. The molecule has 2 nitrogen and oxygen atoms in total. The zero-order valence-corrected chi connectivity index (χ0v) is 9.26. The van der Waals surface area contributed by atoms with Gasteiger partial charge < -0.3 is 4.74 Å². The van der Waals surface area contributed by atoms with Crippen LogP contribution >= 0.6 is 0 Å². The van der Waals surface area contributed by atoms with Gasteiger partial charge in [-0.25, -0.2) is 8.78 Å². The Bertz CT molecular complexity index is 231. The van der Waals surface area contributed by atoms with E-state index in [4.69, 9.17) is 4.74 Å². The second-order valence-corrected chi connectivity index (χ2v) is 4.19. The minimum atomic E-state index is -2.40. The van der Waals surface area contributed by atoms with Crippen molar-refractivity contribution in [2.45, 2.75) is 46.0 Å². The standard InChI is InChI=1S/C11H18F2O2/c1-3-5-11(7-8(11)9(12)13)10(14)15-6-4-2/h8-9H,3-7H2,1-2H3/t8?,11-/m1/s1. The molecular weight excluding hydrogens is 202 g/mol. The van der Waals surface area contributed by atoms with E-state index in [1.807, 2.05) is 13.8 Å². The second kappa shape index (κ2) is 4.90. The highest BCUT2D eigenvalue weighted by Gasteiger charge is 2.64. The summed E-state index contributed by atoms with van der Waals surface area (Å²) in [5.74, 6) is -1.20. The highest BCUT2D eigenvalue weighted by Crippen LogP contribution is 2.59. The van der Waals surface area contributed by atoms with Crippen LogP contribution in [-0.4, -0.2) is 19.0 Å². The molecule has 0 heterocycles. The van der Waals surface area contributed by atoms with Crippen molar-refractivity contribution < 1.29 is 18.3 Å². The van der Waals surface area contributed by atoms with Crippen molar-refractivity contribution in [1.29, 1.82) is 0 Å². The lowest BCUT2D eigenvalue weighted by atomic mass is 9.98. The first-order valence-electron chi connectivity index (χ1n) is 5.53. The van der Waals surface area contributed by atoms with Gasteiger partial charge >= 0.3 is 5.97 Å². The number of esters is 1. The number of carbonyl (C=O) groups is 1. The van der Waals surface area contributed by atoms with Gasteiger partial charge in [-0.1, -0.05) is 20.3 Å². The van der Waals surface area contributed by atoms with E-state index in [1.165, 1.54) is 0 Å². The molecule has 1 fully saturated rings. The molecule has 0 aromatic heterocycles. The molecule has 2 atom stereocenters. The van der Waals surface area contributed by atoms with Crippen LogP contribution in [0.15, 0.2) is 0 Å². The maximum atomic E-state index is 12.5. The number of halogens is 2. The van der Waals surface area contributed by atoms with Crippen molar-refractivity contribution >= 4 is 5.97 Å². The van der Waals surface area contributed by atoms with Crippen LogP contribution in [0.25, 0.3) is 0 Å². The molecule has 0 aromatic rings. The van der Waals surface area contributed by atoms with Gasteiger partial charge in [-0.15, -0.1) is 0 Å². The Morgan fingerprint density at radius 2 is 2.13 bits per heavy atom. The average molecular weight is 220 g/mol. The summed E-state index contributed by atoms with van der Waals surface area (Å²) in [6.45, 7) is 4.12. The van der Waals surface area contributed by atoms with Gasteiger partial charge in [0.1, 0.15) is 0 Å². The summed E-state index contributed by atoms with van der Waals surface area (Å²) in [5, 5.41) is 0. The van der Waals surface area contributed by atoms with Crippen molar-refractivity contribution in [3.8, 4) is 0 Å². The predicted molar refractivity (Wildman–Crippen MR) is 52.7 cm³/mol. The van der Waals surface area contributed by atoms with E-state index < -0.39 is 23.7 Å². The normalized spacial score (nSPS) is 29.3. The smallest absolute Gasteiger partial charge is 0.312 e. The first-order valence-corrected chi connectivity index (χ1v) is 5.53. The molecular formula is C11H18F2O2. The van der Waals surface area contributed by atoms with Crippen molar-refractivity contribution in [1.82, 2.24) is 0 Å². The van der Waals surface area contributed by atoms with E-state index in [9.17, 15) is 13.6 Å². The topological polar surface area (TPSA) is 26.3 Å². The summed E-state index contributed by atoms with van der Waals surface area (Å²) in [6.07, 6.45) is -0.116. The summed E-state index contributed by atoms with van der Waals surface area (Å²) in [5.41, 5.74) is -0.863. The number of rotatable bonds is 6. The molecule has 0 aliphatic heterocycles. The molecule has 0 amide bonds. The molecule has 1 aliphatic carbocycles. The summed E-state index contributed by atoms with van der Waals surface area (Å²) in [4.78, 5) is 11.6. The van der Waals surface area contributed by atoms with E-state index in [0.717, 1.165) is 12.8 Å². The molecule has 0 aromatic carbocycles. The minimum absolute atomic E-state index is 0.293. The van der Waals surface area contributed by atoms with Crippen molar-refractivity contribution in [2.75, 3.05) is 6.61 Å². The summed E-state index contributed by atoms with van der Waals surface area (Å²) < 4.78 is 30.0. The van der Waals surface area contributed by atoms with Crippen LogP contribution in [0.1, 0.15) is 39.5 Å². The van der Waals surface area contributed by atoms with Gasteiger partial charge in [0.25, 0.3) is 0 Å². The van der Waals surface area contributed by atoms with Crippen LogP contribution in [-0.2, 0) is 9.53 Å². The van der Waals surface area contributed by atoms with Crippen molar-refractivity contribution in [3.63, 3.8) is 0 Å². The SMILES string of the molecule is CCCOC(=O)[C@]1(CCC)CC1C(F)F. The molecule has 0 saturated heterocycles. The third-order valence-electron chi connectivity index (χ3n) is 2.98. The van der Waals surface area contributed by atoms with Gasteiger partial charge in [0.15, 0.2) is 0 Å². The first kappa shape index (κ1) is 12.4. The van der Waals surface area contributed by atoms with E-state index >= 15 is 0 Å². The maximum absolute atomic E-state index is 12.5. The Morgan fingerprint density at radius 1 is 1.47 bits per heavy atom. The number of hydrogen-bond acceptors (Lipinski definition) is 2. The van der Waals surface area contributed by atoms with Gasteiger partial charge in [-0.2, -0.15) is 0 Å². The molecule has 4 heteroatoms. The molecule has 0 spiro atoms. The molecule has 1 unspecified atom stereocenters. The van der Waals surface area contributed by atoms with Crippen molar-refractivity contribution in [3.05, 3.63) is 0 Å². The molecule has 0 radical (unpaired) electrons. The lowest BCUT2D eigenvalue weighted by Gasteiger charge is -2.15. The third-order valence-corrected chi connectivity index (χ3v) is 2.98. The van der Waals surface area contributed by atoms with Crippen LogP contribution in [0, 0.1) is 11.3 Å². The third kappa shape index (κ3) is 2.47. The average Bonchev–Trinajstić information content (AvgIpc) is 2.91. The van der Waals surface area contributed by atoms with Gasteiger partial charge in [0.2, 0.25) is 6.43 Å². The zero-order valence-electron chi connectivity index (χ0n) is 9.26. The van der Waals surface area contributed by atoms with Crippen LogP contribution in [0.3, 0.4) is 0 Å². The molecule has 0 bridgehead atoms. The summed E-state index contributed by atoms with van der Waals surface area (Å²) >= 11 is 0. The van der Waals surface area contributed by atoms with Gasteiger partial charge in [0.05, 0.1) is 12.0 Å². The van der Waals surface area contributed by atoms with Crippen LogP contribution < -0.4 is 0 Å². The van der Waals surface area contributed by atoms with E-state index in [-0.39, 0.29) is 0 Å². The largest absolute Gasteiger partial charge is 0.465 e. The maximum Gasteiger partial charge on any atom is 0.312 e. The Hall–Kier alpha value is -0.670. The highest BCUT2D eigenvalue weighted by molar-refractivity contribution is 5.80. The Morgan fingerprint density at radius 3 is 2.53 bits per heavy atom. The van der Waals surface area contributed by atoms with Crippen LogP contribution in [0.2, 0.25) is 0 Å². The molecule has 1 saturated carbocycles. The monoisotopic (exact) mass is 220 g/mol. The Balaban J connectivity index is 2.56. The summed E-state index contributed by atoms with van der Waals surface area (Å²) in [7, 11) is 0. The lowest BCUT2D eigenvalue weighted by Crippen LogP contribution is -2.23. The number of hydrogen-bond donors (Lipinski definition) is 0. The Labute approximate surface area is 89.0 Å². The number of alkyl halides is 2. The van der Waals surface area contributed by atoms with E-state index in [1.54, 1.807) is 0 Å². The highest BCUT2D eigenvalue weighted by atomic mass is 19.3. The quantitative estimate of drug-likeness (QED) is 0.643. The van der Waals surface area contributed by atoms with Gasteiger partial charge in [-0.3, -0.25) is 4.79 Å². The fourth-order valence-corrected chi connectivity index (χ4v) is 2.07. The zero-order chi connectivity index (χ0) is 11.5. The van der Waals surface area contributed by atoms with Crippen molar-refractivity contribution in [2.24, 2.45) is 11.3 Å². The van der Waals surface area contributed by atoms with Gasteiger partial charge in [-0.05, 0) is 19.3 Å².